The highest BCUT2D eigenvalue weighted by Crippen LogP contribution is 2.21. The Morgan fingerprint density at radius 1 is 0.933 bits per heavy atom. The molecule has 0 aliphatic carbocycles. The Bertz CT molecular complexity index is 1140. The molecule has 0 aliphatic heterocycles. The van der Waals surface area contributed by atoms with Crippen molar-refractivity contribution >= 4 is 21.6 Å². The molecular formula is C23H24N2O4S. The number of hydrogen-bond acceptors (Lipinski definition) is 4. The zero-order chi connectivity index (χ0) is 21.7. The molecule has 0 aliphatic rings. The number of rotatable bonds is 7. The molecule has 3 aromatic rings. The summed E-state index contributed by atoms with van der Waals surface area (Å²) in [5, 5.41) is 2.84. The lowest BCUT2D eigenvalue weighted by Gasteiger charge is -2.12. The minimum atomic E-state index is -3.71. The highest BCUT2D eigenvalue weighted by Gasteiger charge is 2.17. The molecule has 0 heterocycles. The summed E-state index contributed by atoms with van der Waals surface area (Å²) in [7, 11) is -2.11. The van der Waals surface area contributed by atoms with Crippen LogP contribution in [0.1, 0.15) is 27.0 Å². The molecule has 156 valence electrons. The van der Waals surface area contributed by atoms with Crippen LogP contribution in [0.15, 0.2) is 71.6 Å². The van der Waals surface area contributed by atoms with Crippen LogP contribution >= 0.6 is 0 Å². The molecule has 30 heavy (non-hydrogen) atoms. The number of anilines is 1. The van der Waals surface area contributed by atoms with E-state index in [4.69, 9.17) is 4.74 Å². The molecule has 0 bridgehead atoms. The van der Waals surface area contributed by atoms with Gasteiger partial charge < -0.3 is 10.1 Å². The lowest BCUT2D eigenvalue weighted by atomic mass is 10.2. The van der Waals surface area contributed by atoms with E-state index in [1.165, 1.54) is 0 Å². The van der Waals surface area contributed by atoms with E-state index in [1.54, 1.807) is 50.4 Å². The van der Waals surface area contributed by atoms with Gasteiger partial charge in [-0.2, -0.15) is 0 Å². The third kappa shape index (κ3) is 5.18. The fourth-order valence-electron chi connectivity index (χ4n) is 2.92. The van der Waals surface area contributed by atoms with Gasteiger partial charge in [-0.15, -0.1) is 0 Å². The third-order valence-corrected chi connectivity index (χ3v) is 6.17. The van der Waals surface area contributed by atoms with Crippen molar-refractivity contribution in [3.05, 3.63) is 89.0 Å². The summed E-state index contributed by atoms with van der Waals surface area (Å²) in [6.45, 7) is 3.98. The second kappa shape index (κ2) is 9.00. The Morgan fingerprint density at radius 2 is 1.60 bits per heavy atom. The second-order valence-electron chi connectivity index (χ2n) is 6.98. The number of hydrogen-bond donors (Lipinski definition) is 2. The van der Waals surface area contributed by atoms with Crippen molar-refractivity contribution in [1.29, 1.82) is 0 Å². The summed E-state index contributed by atoms with van der Waals surface area (Å²) >= 11 is 0. The first-order chi connectivity index (χ1) is 14.3. The Hall–Kier alpha value is -3.32. The van der Waals surface area contributed by atoms with E-state index in [9.17, 15) is 13.2 Å². The van der Waals surface area contributed by atoms with E-state index < -0.39 is 10.0 Å². The highest BCUT2D eigenvalue weighted by molar-refractivity contribution is 7.92. The fourth-order valence-corrected chi connectivity index (χ4v) is 4.31. The first-order valence-corrected chi connectivity index (χ1v) is 10.9. The predicted molar refractivity (Wildman–Crippen MR) is 117 cm³/mol. The molecule has 3 aromatic carbocycles. The largest absolute Gasteiger partial charge is 0.497 e. The second-order valence-corrected chi connectivity index (χ2v) is 8.63. The zero-order valence-electron chi connectivity index (χ0n) is 17.1. The van der Waals surface area contributed by atoms with E-state index in [1.807, 2.05) is 37.3 Å². The Labute approximate surface area is 177 Å². The summed E-state index contributed by atoms with van der Waals surface area (Å²) in [5.74, 6) is 0.513. The van der Waals surface area contributed by atoms with Gasteiger partial charge in [0.15, 0.2) is 0 Å². The number of amides is 1. The van der Waals surface area contributed by atoms with Gasteiger partial charge in [0.2, 0.25) is 0 Å². The first-order valence-electron chi connectivity index (χ1n) is 9.40. The van der Waals surface area contributed by atoms with Crippen molar-refractivity contribution in [2.45, 2.75) is 25.3 Å². The van der Waals surface area contributed by atoms with E-state index >= 15 is 0 Å². The van der Waals surface area contributed by atoms with Crippen molar-refractivity contribution in [2.75, 3.05) is 11.8 Å². The van der Waals surface area contributed by atoms with Gasteiger partial charge in [-0.25, -0.2) is 8.42 Å². The molecule has 0 unspecified atom stereocenters. The lowest BCUT2D eigenvalue weighted by molar-refractivity contribution is 0.0951. The van der Waals surface area contributed by atoms with Crippen molar-refractivity contribution in [3.8, 4) is 5.75 Å². The Kier molecular flexibility index (Phi) is 6.42. The van der Waals surface area contributed by atoms with Crippen LogP contribution in [0.4, 0.5) is 5.69 Å². The molecule has 0 radical (unpaired) electrons. The summed E-state index contributed by atoms with van der Waals surface area (Å²) < 4.78 is 33.1. The number of benzene rings is 3. The lowest BCUT2D eigenvalue weighted by Crippen LogP contribution is -2.22. The molecule has 6 nitrogen and oxygen atoms in total. The normalized spacial score (nSPS) is 11.0. The zero-order valence-corrected chi connectivity index (χ0v) is 17.9. The number of nitrogens with one attached hydrogen (secondary N) is 2. The van der Waals surface area contributed by atoms with Gasteiger partial charge in [-0.3, -0.25) is 9.52 Å². The van der Waals surface area contributed by atoms with Crippen LogP contribution < -0.4 is 14.8 Å². The molecule has 0 saturated heterocycles. The highest BCUT2D eigenvalue weighted by atomic mass is 32.2. The molecular weight excluding hydrogens is 400 g/mol. The summed E-state index contributed by atoms with van der Waals surface area (Å²) in [6.07, 6.45) is 0. The van der Waals surface area contributed by atoms with E-state index in [0.29, 0.717) is 23.4 Å². The smallest absolute Gasteiger partial charge is 0.262 e. The maximum Gasteiger partial charge on any atom is 0.262 e. The molecule has 7 heteroatoms. The summed E-state index contributed by atoms with van der Waals surface area (Å²) in [5.41, 5.74) is 3.32. The molecule has 0 spiro atoms. The van der Waals surface area contributed by atoms with Gasteiger partial charge in [0.1, 0.15) is 5.75 Å². The van der Waals surface area contributed by atoms with Crippen molar-refractivity contribution in [2.24, 2.45) is 0 Å². The molecule has 0 aromatic heterocycles. The van der Waals surface area contributed by atoms with Crippen LogP contribution in [0, 0.1) is 13.8 Å². The van der Waals surface area contributed by atoms with Crippen LogP contribution in [0.3, 0.4) is 0 Å². The Morgan fingerprint density at radius 3 is 2.23 bits per heavy atom. The molecule has 3 rings (SSSR count). The van der Waals surface area contributed by atoms with Gasteiger partial charge in [0.25, 0.3) is 15.9 Å². The molecule has 2 N–H and O–H groups in total. The van der Waals surface area contributed by atoms with Gasteiger partial charge in [0, 0.05) is 17.8 Å². The molecule has 0 atom stereocenters. The molecule has 0 fully saturated rings. The first kappa shape index (κ1) is 21.4. The van der Waals surface area contributed by atoms with E-state index in [-0.39, 0.29) is 10.8 Å². The maximum absolute atomic E-state index is 12.7. The average molecular weight is 425 g/mol. The average Bonchev–Trinajstić information content (AvgIpc) is 2.74. The molecule has 1 amide bonds. The molecule has 0 saturated carbocycles. The SMILES string of the molecule is COc1ccc(CNC(=O)c2ccc(NS(=O)(=O)c3cc(C)ccc3C)cc2)cc1. The number of carbonyl (C=O) groups is 1. The summed E-state index contributed by atoms with van der Waals surface area (Å²) in [4.78, 5) is 12.6. The van der Waals surface area contributed by atoms with E-state index in [0.717, 1.165) is 16.9 Å². The van der Waals surface area contributed by atoms with Gasteiger partial charge in [0.05, 0.1) is 12.0 Å². The minimum absolute atomic E-state index is 0.240. The van der Waals surface area contributed by atoms with Crippen molar-refractivity contribution < 1.29 is 17.9 Å². The van der Waals surface area contributed by atoms with Gasteiger partial charge in [-0.05, 0) is 73.0 Å². The number of sulfonamides is 1. The van der Waals surface area contributed by atoms with E-state index in [2.05, 4.69) is 10.0 Å². The topological polar surface area (TPSA) is 84.5 Å². The van der Waals surface area contributed by atoms with Crippen molar-refractivity contribution in [1.82, 2.24) is 5.32 Å². The quantitative estimate of drug-likeness (QED) is 0.599. The number of ether oxygens (including phenoxy) is 1. The van der Waals surface area contributed by atoms with Gasteiger partial charge >= 0.3 is 0 Å². The maximum atomic E-state index is 12.7. The number of carbonyl (C=O) groups excluding carboxylic acids is 1. The standard InChI is InChI=1S/C23H24N2O4S/c1-16-4-5-17(2)22(14-16)30(27,28)25-20-10-8-19(9-11-20)23(26)24-15-18-6-12-21(29-3)13-7-18/h4-14,25H,15H2,1-3H3,(H,24,26). The Balaban J connectivity index is 1.65. The summed E-state index contributed by atoms with van der Waals surface area (Å²) in [6, 6.07) is 19.0. The van der Waals surface area contributed by atoms with Crippen LogP contribution in [0.5, 0.6) is 5.75 Å². The number of methoxy groups -OCH3 is 1. The predicted octanol–water partition coefficient (Wildman–Crippen LogP) is 4.04. The van der Waals surface area contributed by atoms with Crippen LogP contribution in [-0.2, 0) is 16.6 Å². The number of aryl methyl sites for hydroxylation is 2. The third-order valence-electron chi connectivity index (χ3n) is 4.64. The minimum Gasteiger partial charge on any atom is -0.497 e. The van der Waals surface area contributed by atoms with Gasteiger partial charge in [-0.1, -0.05) is 24.3 Å². The van der Waals surface area contributed by atoms with Crippen LogP contribution in [-0.4, -0.2) is 21.4 Å². The fraction of sp³-hybridized carbons (Fsp3) is 0.174. The van der Waals surface area contributed by atoms with Crippen molar-refractivity contribution in [3.63, 3.8) is 0 Å². The monoisotopic (exact) mass is 424 g/mol. The van der Waals surface area contributed by atoms with Crippen LogP contribution in [0.2, 0.25) is 0 Å². The van der Waals surface area contributed by atoms with Crippen LogP contribution in [0.25, 0.3) is 0 Å².